The van der Waals surface area contributed by atoms with Gasteiger partial charge in [-0.1, -0.05) is 18.2 Å². The van der Waals surface area contributed by atoms with Gasteiger partial charge in [-0.3, -0.25) is 19.3 Å². The topological polar surface area (TPSA) is 79.0 Å². The number of likely N-dealkylation sites (N-methyl/N-ethyl adjacent to an activating group) is 2. The van der Waals surface area contributed by atoms with Crippen molar-refractivity contribution in [3.63, 3.8) is 0 Å². The predicted molar refractivity (Wildman–Crippen MR) is 75.4 cm³/mol. The van der Waals surface area contributed by atoms with Gasteiger partial charge in [-0.2, -0.15) is 0 Å². The molecule has 0 aromatic heterocycles. The number of hydrogen-bond acceptors (Lipinski definition) is 5. The Morgan fingerprint density at radius 1 is 1.09 bits per heavy atom. The molecule has 1 unspecified atom stereocenters. The van der Waals surface area contributed by atoms with Gasteiger partial charge < -0.3 is 15.0 Å². The molecule has 0 bridgehead atoms. The van der Waals surface area contributed by atoms with E-state index < -0.39 is 17.4 Å². The van der Waals surface area contributed by atoms with Gasteiger partial charge in [-0.15, -0.1) is 0 Å². The number of carbonyl (C=O) groups is 3. The molecular formula is C15H13N3O4. The number of anilines is 1. The summed E-state index contributed by atoms with van der Waals surface area (Å²) in [4.78, 5) is 40.1. The fraction of sp³-hybridized carbons (Fsp3) is 0.267. The minimum Gasteiger partial charge on any atom is -0.358 e. The Morgan fingerprint density at radius 2 is 1.82 bits per heavy atom. The first-order chi connectivity index (χ1) is 10.5. The van der Waals surface area contributed by atoms with Gasteiger partial charge in [0.25, 0.3) is 17.7 Å². The van der Waals surface area contributed by atoms with Crippen LogP contribution in [-0.4, -0.2) is 43.4 Å². The standard InChI is InChI=1S/C15H13N3O4/c1-17-9-6-4-3-5-8(9)15(14(17)21)10-11(16-7-22-15)13(20)18(2)12(10)19/h3-6,16H,7H2,1-2H3. The zero-order chi connectivity index (χ0) is 15.6. The van der Waals surface area contributed by atoms with Crippen molar-refractivity contribution in [2.75, 3.05) is 25.7 Å². The number of benzene rings is 1. The highest BCUT2D eigenvalue weighted by Crippen LogP contribution is 2.50. The Hall–Kier alpha value is -2.67. The molecule has 3 amide bonds. The van der Waals surface area contributed by atoms with Crippen LogP contribution in [0.1, 0.15) is 5.56 Å². The molecule has 1 aromatic rings. The van der Waals surface area contributed by atoms with Gasteiger partial charge in [-0.05, 0) is 6.07 Å². The number of imide groups is 1. The molecule has 0 saturated carbocycles. The number of ether oxygens (including phenoxy) is 1. The van der Waals surface area contributed by atoms with E-state index in [1.54, 1.807) is 25.2 Å². The van der Waals surface area contributed by atoms with E-state index >= 15 is 0 Å². The summed E-state index contributed by atoms with van der Waals surface area (Å²) in [6.45, 7) is -0.0143. The number of para-hydroxylation sites is 1. The van der Waals surface area contributed by atoms with Crippen molar-refractivity contribution in [1.82, 2.24) is 10.2 Å². The molecule has 7 nitrogen and oxygen atoms in total. The third-order valence-corrected chi connectivity index (χ3v) is 4.43. The monoisotopic (exact) mass is 299 g/mol. The van der Waals surface area contributed by atoms with E-state index in [4.69, 9.17) is 4.74 Å². The van der Waals surface area contributed by atoms with Crippen molar-refractivity contribution in [3.05, 3.63) is 41.1 Å². The SMILES string of the molecule is CN1C(=O)C2=C(C1=O)C1(OCN2)C(=O)N(C)c2ccccc21. The van der Waals surface area contributed by atoms with E-state index in [2.05, 4.69) is 5.32 Å². The number of rotatable bonds is 0. The van der Waals surface area contributed by atoms with E-state index in [9.17, 15) is 14.4 Å². The lowest BCUT2D eigenvalue weighted by molar-refractivity contribution is -0.145. The molecule has 112 valence electrons. The molecule has 1 spiro atoms. The molecule has 3 aliphatic rings. The summed E-state index contributed by atoms with van der Waals surface area (Å²) in [6.07, 6.45) is 0. The smallest absolute Gasteiger partial charge is 0.277 e. The fourth-order valence-corrected chi connectivity index (χ4v) is 3.33. The number of hydrogen-bond donors (Lipinski definition) is 1. The molecule has 4 rings (SSSR count). The lowest BCUT2D eigenvalue weighted by Crippen LogP contribution is -2.49. The zero-order valence-electron chi connectivity index (χ0n) is 12.0. The molecule has 0 aliphatic carbocycles. The van der Waals surface area contributed by atoms with Crippen molar-refractivity contribution in [2.45, 2.75) is 5.60 Å². The van der Waals surface area contributed by atoms with Crippen LogP contribution >= 0.6 is 0 Å². The van der Waals surface area contributed by atoms with Gasteiger partial charge in [0.15, 0.2) is 0 Å². The molecule has 7 heteroatoms. The van der Waals surface area contributed by atoms with Crippen LogP contribution in [0.2, 0.25) is 0 Å². The minimum absolute atomic E-state index is 0.0143. The van der Waals surface area contributed by atoms with Crippen LogP contribution in [0, 0.1) is 0 Å². The van der Waals surface area contributed by atoms with Crippen molar-refractivity contribution in [2.24, 2.45) is 0 Å². The van der Waals surface area contributed by atoms with Crippen LogP contribution in [0.3, 0.4) is 0 Å². The number of carbonyl (C=O) groups excluding carboxylic acids is 3. The Bertz CT molecular complexity index is 785. The molecule has 3 heterocycles. The fourth-order valence-electron chi connectivity index (χ4n) is 3.33. The van der Waals surface area contributed by atoms with E-state index in [0.717, 1.165) is 4.90 Å². The third-order valence-electron chi connectivity index (χ3n) is 4.43. The number of fused-ring (bicyclic) bond motifs is 3. The number of amides is 3. The van der Waals surface area contributed by atoms with E-state index in [0.29, 0.717) is 11.3 Å². The van der Waals surface area contributed by atoms with Crippen molar-refractivity contribution in [3.8, 4) is 0 Å². The highest BCUT2D eigenvalue weighted by Gasteiger charge is 2.61. The second kappa shape index (κ2) is 3.95. The summed E-state index contributed by atoms with van der Waals surface area (Å²) in [6, 6.07) is 7.14. The summed E-state index contributed by atoms with van der Waals surface area (Å²) >= 11 is 0. The maximum atomic E-state index is 12.9. The first-order valence-corrected chi connectivity index (χ1v) is 6.82. The molecule has 0 saturated heterocycles. The number of nitrogens with zero attached hydrogens (tertiary/aromatic N) is 2. The van der Waals surface area contributed by atoms with Gasteiger partial charge in [-0.25, -0.2) is 0 Å². The maximum Gasteiger partial charge on any atom is 0.277 e. The number of nitrogens with one attached hydrogen (secondary N) is 1. The second-order valence-electron chi connectivity index (χ2n) is 5.45. The van der Waals surface area contributed by atoms with Crippen molar-refractivity contribution >= 4 is 23.4 Å². The average molecular weight is 299 g/mol. The third kappa shape index (κ3) is 1.23. The Balaban J connectivity index is 2.04. The van der Waals surface area contributed by atoms with Gasteiger partial charge in [0.1, 0.15) is 12.4 Å². The van der Waals surface area contributed by atoms with Crippen LogP contribution < -0.4 is 10.2 Å². The zero-order valence-corrected chi connectivity index (χ0v) is 12.0. The largest absolute Gasteiger partial charge is 0.358 e. The predicted octanol–water partition coefficient (Wildman–Crippen LogP) is -0.312. The minimum atomic E-state index is -1.54. The van der Waals surface area contributed by atoms with Crippen LogP contribution in [0.5, 0.6) is 0 Å². The van der Waals surface area contributed by atoms with Gasteiger partial charge in [0, 0.05) is 19.7 Å². The summed E-state index contributed by atoms with van der Waals surface area (Å²) in [5.41, 5.74) is -0.0436. The summed E-state index contributed by atoms with van der Waals surface area (Å²) < 4.78 is 5.76. The molecular weight excluding hydrogens is 286 g/mol. The van der Waals surface area contributed by atoms with Gasteiger partial charge >= 0.3 is 0 Å². The van der Waals surface area contributed by atoms with E-state index in [1.807, 2.05) is 6.07 Å². The van der Waals surface area contributed by atoms with Crippen LogP contribution in [0.25, 0.3) is 0 Å². The normalized spacial score (nSPS) is 26.7. The van der Waals surface area contributed by atoms with E-state index in [-0.39, 0.29) is 23.9 Å². The Morgan fingerprint density at radius 3 is 2.59 bits per heavy atom. The van der Waals surface area contributed by atoms with Crippen LogP contribution in [0.4, 0.5) is 5.69 Å². The van der Waals surface area contributed by atoms with Gasteiger partial charge in [0.05, 0.1) is 11.3 Å². The first-order valence-electron chi connectivity index (χ1n) is 6.82. The summed E-state index contributed by atoms with van der Waals surface area (Å²) in [5, 5.41) is 2.78. The first kappa shape index (κ1) is 13.0. The Kier molecular flexibility index (Phi) is 2.34. The molecule has 0 radical (unpaired) electrons. The lowest BCUT2D eigenvalue weighted by Gasteiger charge is -2.33. The summed E-state index contributed by atoms with van der Waals surface area (Å²) in [5.74, 6) is -1.31. The van der Waals surface area contributed by atoms with E-state index in [1.165, 1.54) is 11.9 Å². The summed E-state index contributed by atoms with van der Waals surface area (Å²) in [7, 11) is 3.03. The molecule has 3 aliphatic heterocycles. The van der Waals surface area contributed by atoms with Crippen LogP contribution in [0.15, 0.2) is 35.5 Å². The van der Waals surface area contributed by atoms with Crippen molar-refractivity contribution in [1.29, 1.82) is 0 Å². The molecule has 1 aromatic carbocycles. The molecule has 0 fully saturated rings. The van der Waals surface area contributed by atoms with Gasteiger partial charge in [0.2, 0.25) is 5.60 Å². The molecule has 22 heavy (non-hydrogen) atoms. The average Bonchev–Trinajstić information content (AvgIpc) is 2.89. The van der Waals surface area contributed by atoms with Crippen molar-refractivity contribution < 1.29 is 19.1 Å². The van der Waals surface area contributed by atoms with Crippen LogP contribution in [-0.2, 0) is 24.7 Å². The maximum absolute atomic E-state index is 12.9. The highest BCUT2D eigenvalue weighted by molar-refractivity contribution is 6.25. The second-order valence-corrected chi connectivity index (χ2v) is 5.45. The Labute approximate surface area is 126 Å². The molecule has 1 N–H and O–H groups in total. The lowest BCUT2D eigenvalue weighted by atomic mass is 9.85. The quantitative estimate of drug-likeness (QED) is 0.665. The molecule has 1 atom stereocenters. The highest BCUT2D eigenvalue weighted by atomic mass is 16.5.